The summed E-state index contributed by atoms with van der Waals surface area (Å²) in [7, 11) is 0. The molecule has 1 aromatic heterocycles. The highest BCUT2D eigenvalue weighted by molar-refractivity contribution is 6.16. The third kappa shape index (κ3) is 6.10. The first-order chi connectivity index (χ1) is 33.3. The van der Waals surface area contributed by atoms with Gasteiger partial charge in [-0.2, -0.15) is 0 Å². The average Bonchev–Trinajstić information content (AvgIpc) is 3.91. The molecule has 2 nitrogen and oxygen atoms in total. The largest absolute Gasteiger partial charge is 0.310 e. The highest BCUT2D eigenvalue weighted by Gasteiger charge is 2.47. The molecule has 1 heterocycles. The van der Waals surface area contributed by atoms with E-state index in [9.17, 15) is 0 Å². The normalized spacial score (nSPS) is 15.1. The maximum Gasteiger partial charge on any atom is 0.0711 e. The number of rotatable bonds is 8. The van der Waals surface area contributed by atoms with Crippen LogP contribution in [0.2, 0.25) is 0 Å². The zero-order chi connectivity index (χ0) is 44.3. The molecule has 67 heavy (non-hydrogen) atoms. The first-order valence-electron chi connectivity index (χ1n) is 23.5. The summed E-state index contributed by atoms with van der Waals surface area (Å²) in [5.41, 5.74) is 19.0. The fourth-order valence-corrected chi connectivity index (χ4v) is 11.5. The fourth-order valence-electron chi connectivity index (χ4n) is 11.5. The Balaban J connectivity index is 1.07. The predicted molar refractivity (Wildman–Crippen MR) is 282 cm³/mol. The Kier molecular flexibility index (Phi) is 9.25. The molecule has 13 rings (SSSR count). The summed E-state index contributed by atoms with van der Waals surface area (Å²) < 4.78 is 2.42. The lowest BCUT2D eigenvalue weighted by atomic mass is 9.66. The molecule has 0 amide bonds. The highest BCUT2D eigenvalue weighted by Crippen LogP contribution is 2.58. The Labute approximate surface area is 391 Å². The molecule has 0 saturated carbocycles. The van der Waals surface area contributed by atoms with Crippen LogP contribution in [-0.2, 0) is 5.41 Å². The predicted octanol–water partition coefficient (Wildman–Crippen LogP) is 17.3. The molecule has 2 aliphatic rings. The van der Waals surface area contributed by atoms with Gasteiger partial charge < -0.3 is 9.47 Å². The van der Waals surface area contributed by atoms with Gasteiger partial charge in [0.1, 0.15) is 0 Å². The number of hydrogen-bond acceptors (Lipinski definition) is 1. The van der Waals surface area contributed by atoms with Gasteiger partial charge in [-0.25, -0.2) is 0 Å². The molecule has 1 atom stereocenters. The van der Waals surface area contributed by atoms with Crippen molar-refractivity contribution in [2.24, 2.45) is 0 Å². The molecule has 0 aliphatic heterocycles. The van der Waals surface area contributed by atoms with Gasteiger partial charge in [0, 0.05) is 27.8 Å². The second kappa shape index (κ2) is 15.9. The summed E-state index contributed by atoms with van der Waals surface area (Å²) in [4.78, 5) is 2.51. The molecule has 0 saturated heterocycles. The lowest BCUT2D eigenvalue weighted by molar-refractivity contribution is 0.751. The summed E-state index contributed by atoms with van der Waals surface area (Å²) in [5.74, 6) is 0. The Morgan fingerprint density at radius 2 is 1.09 bits per heavy atom. The molecule has 0 bridgehead atoms. The van der Waals surface area contributed by atoms with Crippen LogP contribution in [0.5, 0.6) is 0 Å². The van der Waals surface area contributed by atoms with E-state index >= 15 is 0 Å². The van der Waals surface area contributed by atoms with E-state index in [2.05, 4.69) is 264 Å². The second-order valence-corrected chi connectivity index (χ2v) is 17.8. The number of nitrogens with zero attached hydrogens (tertiary/aromatic N) is 2. The van der Waals surface area contributed by atoms with E-state index in [4.69, 9.17) is 0 Å². The third-order valence-electron chi connectivity index (χ3n) is 14.3. The summed E-state index contributed by atoms with van der Waals surface area (Å²) in [5, 5.41) is 4.91. The van der Waals surface area contributed by atoms with Gasteiger partial charge in [0.25, 0.3) is 0 Å². The third-order valence-corrected chi connectivity index (χ3v) is 14.3. The molecule has 316 valence electrons. The Morgan fingerprint density at radius 1 is 0.433 bits per heavy atom. The van der Waals surface area contributed by atoms with E-state index in [1.54, 1.807) is 0 Å². The maximum atomic E-state index is 2.51. The molecule has 11 aromatic rings. The Bertz CT molecular complexity index is 3730. The topological polar surface area (TPSA) is 8.17 Å². The van der Waals surface area contributed by atoms with Gasteiger partial charge in [-0.15, -0.1) is 0 Å². The minimum absolute atomic E-state index is 0.491. The second-order valence-electron chi connectivity index (χ2n) is 17.8. The van der Waals surface area contributed by atoms with E-state index in [0.29, 0.717) is 0 Å². The van der Waals surface area contributed by atoms with Crippen molar-refractivity contribution in [3.8, 4) is 39.1 Å². The Morgan fingerprint density at radius 3 is 1.90 bits per heavy atom. The van der Waals surface area contributed by atoms with Crippen LogP contribution in [0, 0.1) is 0 Å². The van der Waals surface area contributed by atoms with Crippen LogP contribution in [-0.4, -0.2) is 4.57 Å². The van der Waals surface area contributed by atoms with Crippen molar-refractivity contribution in [2.45, 2.75) is 18.3 Å². The molecular weight excluding hydrogens is 809 g/mol. The summed E-state index contributed by atoms with van der Waals surface area (Å²) >= 11 is 0. The van der Waals surface area contributed by atoms with Crippen molar-refractivity contribution >= 4 is 49.6 Å². The van der Waals surface area contributed by atoms with Crippen LogP contribution in [0.4, 0.5) is 17.1 Å². The minimum Gasteiger partial charge on any atom is -0.310 e. The lowest BCUT2D eigenvalue weighted by Gasteiger charge is -2.36. The van der Waals surface area contributed by atoms with Crippen molar-refractivity contribution in [1.29, 1.82) is 0 Å². The van der Waals surface area contributed by atoms with Gasteiger partial charge in [0.2, 0.25) is 0 Å². The summed E-state index contributed by atoms with van der Waals surface area (Å²) in [6.07, 6.45) is 9.31. The summed E-state index contributed by atoms with van der Waals surface area (Å²) in [6, 6.07) is 87.4. The molecule has 0 spiro atoms. The molecule has 2 heteroatoms. The molecule has 0 N–H and O–H groups in total. The van der Waals surface area contributed by atoms with E-state index in [1.165, 1.54) is 88.2 Å². The van der Waals surface area contributed by atoms with Crippen LogP contribution in [0.1, 0.15) is 29.5 Å². The Hall–Kier alpha value is -8.46. The van der Waals surface area contributed by atoms with E-state index < -0.39 is 5.41 Å². The van der Waals surface area contributed by atoms with Crippen molar-refractivity contribution in [1.82, 2.24) is 4.57 Å². The number of hydrogen-bond donors (Lipinski definition) is 0. The van der Waals surface area contributed by atoms with E-state index in [1.807, 2.05) is 0 Å². The monoisotopic (exact) mass is 854 g/mol. The molecule has 1 unspecified atom stereocenters. The number of anilines is 3. The van der Waals surface area contributed by atoms with Crippen LogP contribution in [0.3, 0.4) is 0 Å². The average molecular weight is 855 g/mol. The number of benzene rings is 10. The van der Waals surface area contributed by atoms with Gasteiger partial charge in [-0.1, -0.05) is 200 Å². The van der Waals surface area contributed by atoms with Crippen LogP contribution < -0.4 is 4.90 Å². The first-order valence-corrected chi connectivity index (χ1v) is 23.5. The number of fused-ring (bicyclic) bond motifs is 7. The number of para-hydroxylation sites is 2. The van der Waals surface area contributed by atoms with Gasteiger partial charge in [-0.05, 0) is 134 Å². The first kappa shape index (κ1) is 39.0. The van der Waals surface area contributed by atoms with E-state index in [0.717, 1.165) is 35.6 Å². The zero-order valence-electron chi connectivity index (χ0n) is 37.1. The van der Waals surface area contributed by atoms with Crippen LogP contribution in [0.25, 0.3) is 71.6 Å². The van der Waals surface area contributed by atoms with E-state index in [-0.39, 0.29) is 0 Å². The van der Waals surface area contributed by atoms with Gasteiger partial charge in [-0.3, -0.25) is 0 Å². The standard InChI is InChI=1S/C65H46N2/c1-5-21-47(22-6-1)63-53-29-14-13-20-45(53)38-42-54(63)46-36-39-51(40-37-46)66(61-34-19-35-62-64(61)57-31-16-18-33-60(57)67(62)50-27-11-4-12-28-50)52-41-43-56-55-30-15-17-32-58(55)65(59(56)44-52,48-23-7-2-8-24-48)49-25-9-3-10-26-49/h1-2,4-9,11-44H,3,10H2. The smallest absolute Gasteiger partial charge is 0.0711 e. The molecule has 0 fully saturated rings. The molecule has 2 aliphatic carbocycles. The SMILES string of the molecule is C1=CC(C2(c3ccccc3)c3ccccc3-c3ccc(N(c4ccc(-c5ccc6ccccc6c5-c5ccccc5)cc4)c4cccc5c4c4ccccc4n5-c4ccccc4)cc32)=CCC1. The lowest BCUT2D eigenvalue weighted by Crippen LogP contribution is -2.29. The van der Waals surface area contributed by atoms with Gasteiger partial charge in [0.15, 0.2) is 0 Å². The molecule has 0 radical (unpaired) electrons. The zero-order valence-corrected chi connectivity index (χ0v) is 37.1. The fraction of sp³-hybridized carbons (Fsp3) is 0.0462. The van der Waals surface area contributed by atoms with Crippen LogP contribution >= 0.6 is 0 Å². The maximum absolute atomic E-state index is 2.51. The van der Waals surface area contributed by atoms with Gasteiger partial charge in [0.05, 0.1) is 22.1 Å². The summed E-state index contributed by atoms with van der Waals surface area (Å²) in [6.45, 7) is 0. The quantitative estimate of drug-likeness (QED) is 0.148. The van der Waals surface area contributed by atoms with Gasteiger partial charge >= 0.3 is 0 Å². The highest BCUT2D eigenvalue weighted by atomic mass is 15.1. The number of allylic oxidation sites excluding steroid dienone is 4. The number of aromatic nitrogens is 1. The van der Waals surface area contributed by atoms with Crippen molar-refractivity contribution < 1.29 is 0 Å². The van der Waals surface area contributed by atoms with Crippen LogP contribution in [0.15, 0.2) is 260 Å². The molecule has 10 aromatic carbocycles. The molecular formula is C65H46N2. The van der Waals surface area contributed by atoms with Crippen molar-refractivity contribution in [3.63, 3.8) is 0 Å². The minimum atomic E-state index is -0.491. The van der Waals surface area contributed by atoms with Crippen molar-refractivity contribution in [3.05, 3.63) is 277 Å². The van der Waals surface area contributed by atoms with Crippen molar-refractivity contribution in [2.75, 3.05) is 4.90 Å².